The van der Waals surface area contributed by atoms with Crippen molar-refractivity contribution in [1.29, 1.82) is 0 Å². The minimum atomic E-state index is -0.300. The molecule has 0 aliphatic rings. The first-order chi connectivity index (χ1) is 7.15. The van der Waals surface area contributed by atoms with Gasteiger partial charge in [-0.15, -0.1) is 0 Å². The summed E-state index contributed by atoms with van der Waals surface area (Å²) >= 11 is 0. The number of aryl methyl sites for hydroxylation is 2. The predicted molar refractivity (Wildman–Crippen MR) is 59.9 cm³/mol. The quantitative estimate of drug-likeness (QED) is 0.708. The zero-order valence-electron chi connectivity index (χ0n) is 8.78. The van der Waals surface area contributed by atoms with E-state index >= 15 is 0 Å². The summed E-state index contributed by atoms with van der Waals surface area (Å²) in [4.78, 5) is 11.2. The van der Waals surface area contributed by atoms with Gasteiger partial charge in [0.2, 0.25) is 0 Å². The zero-order valence-corrected chi connectivity index (χ0v) is 8.78. The normalized spacial score (nSPS) is 10.3. The van der Waals surface area contributed by atoms with Gasteiger partial charge in [-0.3, -0.25) is 0 Å². The molecular formula is C13H12O2. The molecule has 0 aliphatic carbocycles. The summed E-state index contributed by atoms with van der Waals surface area (Å²) in [7, 11) is 0. The Morgan fingerprint density at radius 1 is 1.00 bits per heavy atom. The van der Waals surface area contributed by atoms with Gasteiger partial charge in [0.25, 0.3) is 0 Å². The Kier molecular flexibility index (Phi) is 2.42. The van der Waals surface area contributed by atoms with Crippen molar-refractivity contribution in [2.24, 2.45) is 0 Å². The highest BCUT2D eigenvalue weighted by Crippen LogP contribution is 2.19. The Morgan fingerprint density at radius 2 is 1.80 bits per heavy atom. The molecular weight excluding hydrogens is 188 g/mol. The highest BCUT2D eigenvalue weighted by atomic mass is 16.4. The van der Waals surface area contributed by atoms with E-state index in [1.807, 2.05) is 37.3 Å². The lowest BCUT2D eigenvalue weighted by Gasteiger charge is -2.02. The van der Waals surface area contributed by atoms with Crippen LogP contribution in [0.1, 0.15) is 11.3 Å². The topological polar surface area (TPSA) is 30.2 Å². The van der Waals surface area contributed by atoms with Crippen molar-refractivity contribution < 1.29 is 4.42 Å². The average molecular weight is 200 g/mol. The van der Waals surface area contributed by atoms with E-state index in [1.54, 1.807) is 6.92 Å². The SMILES string of the molecule is Cc1cccc(-c2cc(C)oc(=O)c2)c1. The van der Waals surface area contributed by atoms with Gasteiger partial charge in [-0.05, 0) is 31.0 Å². The fraction of sp³-hybridized carbons (Fsp3) is 0.154. The Bertz CT molecular complexity index is 538. The summed E-state index contributed by atoms with van der Waals surface area (Å²) in [5.74, 6) is 0.638. The van der Waals surface area contributed by atoms with Crippen molar-refractivity contribution >= 4 is 0 Å². The second-order valence-corrected chi connectivity index (χ2v) is 3.65. The molecule has 2 heteroatoms. The van der Waals surface area contributed by atoms with Gasteiger partial charge in [0.15, 0.2) is 0 Å². The fourth-order valence-corrected chi connectivity index (χ4v) is 1.60. The molecule has 0 fully saturated rings. The molecule has 1 heterocycles. The Hall–Kier alpha value is -1.83. The zero-order chi connectivity index (χ0) is 10.8. The Morgan fingerprint density at radius 3 is 2.47 bits per heavy atom. The summed E-state index contributed by atoms with van der Waals surface area (Å²) in [6.07, 6.45) is 0. The molecule has 2 nitrogen and oxygen atoms in total. The third-order valence-electron chi connectivity index (χ3n) is 2.25. The lowest BCUT2D eigenvalue weighted by Crippen LogP contribution is -1.98. The largest absolute Gasteiger partial charge is 0.428 e. The van der Waals surface area contributed by atoms with Crippen LogP contribution in [0.25, 0.3) is 11.1 Å². The van der Waals surface area contributed by atoms with Crippen LogP contribution in [0.3, 0.4) is 0 Å². The average Bonchev–Trinajstić information content (AvgIpc) is 2.16. The summed E-state index contributed by atoms with van der Waals surface area (Å²) in [5, 5.41) is 0. The molecule has 0 aliphatic heterocycles. The molecule has 2 rings (SSSR count). The van der Waals surface area contributed by atoms with Crippen molar-refractivity contribution in [3.05, 3.63) is 58.1 Å². The van der Waals surface area contributed by atoms with Gasteiger partial charge in [0, 0.05) is 6.07 Å². The summed E-state index contributed by atoms with van der Waals surface area (Å²) in [5.41, 5.74) is 2.84. The first-order valence-electron chi connectivity index (χ1n) is 4.84. The minimum absolute atomic E-state index is 0.300. The Balaban J connectivity index is 2.59. The third kappa shape index (κ3) is 2.15. The van der Waals surface area contributed by atoms with E-state index in [0.29, 0.717) is 5.76 Å². The number of benzene rings is 1. The van der Waals surface area contributed by atoms with Crippen molar-refractivity contribution in [1.82, 2.24) is 0 Å². The van der Waals surface area contributed by atoms with Crippen molar-refractivity contribution in [2.75, 3.05) is 0 Å². The van der Waals surface area contributed by atoms with Gasteiger partial charge in [-0.25, -0.2) is 4.79 Å². The molecule has 0 bridgehead atoms. The molecule has 0 radical (unpaired) electrons. The second kappa shape index (κ2) is 3.73. The van der Waals surface area contributed by atoms with Crippen LogP contribution in [0.4, 0.5) is 0 Å². The molecule has 0 spiro atoms. The molecule has 76 valence electrons. The molecule has 0 saturated carbocycles. The third-order valence-corrected chi connectivity index (χ3v) is 2.25. The lowest BCUT2D eigenvalue weighted by atomic mass is 10.0. The van der Waals surface area contributed by atoms with Crippen LogP contribution in [0.15, 0.2) is 45.6 Å². The van der Waals surface area contributed by atoms with Gasteiger partial charge >= 0.3 is 5.63 Å². The second-order valence-electron chi connectivity index (χ2n) is 3.65. The number of hydrogen-bond acceptors (Lipinski definition) is 2. The van der Waals surface area contributed by atoms with Crippen LogP contribution in [0, 0.1) is 13.8 Å². The lowest BCUT2D eigenvalue weighted by molar-refractivity contribution is 0.481. The smallest absolute Gasteiger partial charge is 0.336 e. The van der Waals surface area contributed by atoms with Crippen LogP contribution >= 0.6 is 0 Å². The fourth-order valence-electron chi connectivity index (χ4n) is 1.60. The van der Waals surface area contributed by atoms with E-state index in [2.05, 4.69) is 0 Å². The molecule has 1 aromatic carbocycles. The Labute approximate surface area is 88.2 Å². The van der Waals surface area contributed by atoms with E-state index < -0.39 is 0 Å². The standard InChI is InChI=1S/C13H12O2/c1-9-4-3-5-11(6-9)12-7-10(2)15-13(14)8-12/h3-8H,1-2H3. The van der Waals surface area contributed by atoms with Gasteiger partial charge in [-0.2, -0.15) is 0 Å². The van der Waals surface area contributed by atoms with Crippen molar-refractivity contribution in [2.45, 2.75) is 13.8 Å². The molecule has 0 unspecified atom stereocenters. The van der Waals surface area contributed by atoms with E-state index in [1.165, 1.54) is 11.6 Å². The van der Waals surface area contributed by atoms with Crippen LogP contribution in [-0.4, -0.2) is 0 Å². The summed E-state index contributed by atoms with van der Waals surface area (Å²) in [6, 6.07) is 11.4. The van der Waals surface area contributed by atoms with Gasteiger partial charge in [0.05, 0.1) is 0 Å². The molecule has 0 amide bonds. The van der Waals surface area contributed by atoms with Crippen LogP contribution in [0.5, 0.6) is 0 Å². The highest BCUT2D eigenvalue weighted by molar-refractivity contribution is 5.63. The van der Waals surface area contributed by atoms with Crippen LogP contribution < -0.4 is 5.63 Å². The molecule has 0 atom stereocenters. The van der Waals surface area contributed by atoms with Crippen LogP contribution in [0.2, 0.25) is 0 Å². The molecule has 15 heavy (non-hydrogen) atoms. The van der Waals surface area contributed by atoms with Gasteiger partial charge in [0.1, 0.15) is 5.76 Å². The maximum atomic E-state index is 11.2. The summed E-state index contributed by atoms with van der Waals surface area (Å²) < 4.78 is 4.91. The molecule has 0 saturated heterocycles. The summed E-state index contributed by atoms with van der Waals surface area (Å²) in [6.45, 7) is 3.81. The maximum absolute atomic E-state index is 11.2. The molecule has 2 aromatic rings. The van der Waals surface area contributed by atoms with E-state index in [-0.39, 0.29) is 5.63 Å². The van der Waals surface area contributed by atoms with Crippen molar-refractivity contribution in [3.8, 4) is 11.1 Å². The molecule has 1 aromatic heterocycles. The highest BCUT2D eigenvalue weighted by Gasteiger charge is 2.01. The van der Waals surface area contributed by atoms with E-state index in [9.17, 15) is 4.79 Å². The number of hydrogen-bond donors (Lipinski definition) is 0. The first kappa shape index (κ1) is 9.71. The van der Waals surface area contributed by atoms with E-state index in [4.69, 9.17) is 4.42 Å². The van der Waals surface area contributed by atoms with Crippen LogP contribution in [-0.2, 0) is 0 Å². The van der Waals surface area contributed by atoms with Gasteiger partial charge < -0.3 is 4.42 Å². The minimum Gasteiger partial charge on any atom is -0.428 e. The first-order valence-corrected chi connectivity index (χ1v) is 4.84. The maximum Gasteiger partial charge on any atom is 0.336 e. The molecule has 0 N–H and O–H groups in total. The monoisotopic (exact) mass is 200 g/mol. The van der Waals surface area contributed by atoms with Gasteiger partial charge in [-0.1, -0.05) is 29.8 Å². The number of rotatable bonds is 1. The predicted octanol–water partition coefficient (Wildman–Crippen LogP) is 2.92. The van der Waals surface area contributed by atoms with Crippen molar-refractivity contribution in [3.63, 3.8) is 0 Å². The van der Waals surface area contributed by atoms with E-state index in [0.717, 1.165) is 11.1 Å².